The van der Waals surface area contributed by atoms with Gasteiger partial charge >= 0.3 is 5.97 Å². The highest BCUT2D eigenvalue weighted by molar-refractivity contribution is 6.42. The van der Waals surface area contributed by atoms with E-state index in [0.29, 0.717) is 0 Å². The number of benzene rings is 1. The Kier molecular flexibility index (Phi) is 6.17. The standard InChI is InChI=1S/C12H11Cl2F2NO4/c1-21-9-3-7(14)6(13)2-5(9)11(18)17-8(12(19)20)4-10(15)16/h2-3,8,10H,4H2,1H3,(H,17,18)(H,19,20). The molecule has 116 valence electrons. The summed E-state index contributed by atoms with van der Waals surface area (Å²) in [5, 5.41) is 11.0. The SMILES string of the molecule is COc1cc(Cl)c(Cl)cc1C(=O)NC(CC(F)F)C(=O)O. The van der Waals surface area contributed by atoms with Crippen molar-refractivity contribution in [2.75, 3.05) is 7.11 Å². The van der Waals surface area contributed by atoms with Crippen LogP contribution in [0.2, 0.25) is 10.0 Å². The minimum absolute atomic E-state index is 0.0445. The van der Waals surface area contributed by atoms with Gasteiger partial charge in [0.1, 0.15) is 11.8 Å². The maximum absolute atomic E-state index is 12.3. The number of carbonyl (C=O) groups excluding carboxylic acids is 1. The molecular formula is C12H11Cl2F2NO4. The smallest absolute Gasteiger partial charge is 0.326 e. The van der Waals surface area contributed by atoms with Crippen molar-refractivity contribution >= 4 is 35.1 Å². The van der Waals surface area contributed by atoms with Gasteiger partial charge in [-0.25, -0.2) is 13.6 Å². The van der Waals surface area contributed by atoms with Crippen LogP contribution < -0.4 is 10.1 Å². The zero-order valence-electron chi connectivity index (χ0n) is 10.7. The van der Waals surface area contributed by atoms with E-state index in [0.717, 1.165) is 0 Å². The van der Waals surface area contributed by atoms with Crippen molar-refractivity contribution in [3.05, 3.63) is 27.7 Å². The van der Waals surface area contributed by atoms with Crippen LogP contribution >= 0.6 is 23.2 Å². The van der Waals surface area contributed by atoms with Gasteiger partial charge < -0.3 is 15.2 Å². The molecule has 21 heavy (non-hydrogen) atoms. The molecule has 0 saturated carbocycles. The van der Waals surface area contributed by atoms with Crippen LogP contribution in [0.15, 0.2) is 12.1 Å². The predicted molar refractivity (Wildman–Crippen MR) is 72.5 cm³/mol. The number of halogens is 4. The van der Waals surface area contributed by atoms with Gasteiger partial charge in [-0.1, -0.05) is 23.2 Å². The second-order valence-corrected chi connectivity index (χ2v) is 4.77. The van der Waals surface area contributed by atoms with Gasteiger partial charge in [-0.3, -0.25) is 4.79 Å². The Morgan fingerprint density at radius 2 is 1.90 bits per heavy atom. The number of hydrogen-bond donors (Lipinski definition) is 2. The first-order valence-corrected chi connectivity index (χ1v) is 6.36. The van der Waals surface area contributed by atoms with Gasteiger partial charge in [-0.2, -0.15) is 0 Å². The number of carboxylic acids is 1. The van der Waals surface area contributed by atoms with E-state index in [1.807, 2.05) is 5.32 Å². The highest BCUT2D eigenvalue weighted by Gasteiger charge is 2.26. The summed E-state index contributed by atoms with van der Waals surface area (Å²) in [6.07, 6.45) is -3.88. The summed E-state index contributed by atoms with van der Waals surface area (Å²) in [7, 11) is 1.27. The molecule has 0 bridgehead atoms. The minimum Gasteiger partial charge on any atom is -0.496 e. The molecule has 2 N–H and O–H groups in total. The Morgan fingerprint density at radius 1 is 1.33 bits per heavy atom. The van der Waals surface area contributed by atoms with E-state index in [2.05, 4.69) is 0 Å². The molecule has 0 aliphatic carbocycles. The first kappa shape index (κ1) is 17.5. The summed E-state index contributed by atoms with van der Waals surface area (Å²) in [6.45, 7) is 0. The molecule has 1 atom stereocenters. The van der Waals surface area contributed by atoms with Crippen molar-refractivity contribution < 1.29 is 28.2 Å². The van der Waals surface area contributed by atoms with Gasteiger partial charge in [-0.15, -0.1) is 0 Å². The van der Waals surface area contributed by atoms with Crippen molar-refractivity contribution in [1.82, 2.24) is 5.32 Å². The molecule has 0 saturated heterocycles. The first-order chi connectivity index (χ1) is 9.76. The highest BCUT2D eigenvalue weighted by Crippen LogP contribution is 2.30. The second-order valence-electron chi connectivity index (χ2n) is 3.96. The summed E-state index contributed by atoms with van der Waals surface area (Å²) in [5.41, 5.74) is -0.104. The van der Waals surface area contributed by atoms with Gasteiger partial charge in [0.15, 0.2) is 0 Å². The quantitative estimate of drug-likeness (QED) is 0.834. The second kappa shape index (κ2) is 7.42. The molecule has 0 fully saturated rings. The fraction of sp³-hybridized carbons (Fsp3) is 0.333. The predicted octanol–water partition coefficient (Wildman–Crippen LogP) is 2.84. The normalized spacial score (nSPS) is 12.1. The number of nitrogens with one attached hydrogen (secondary N) is 1. The number of carboxylic acid groups (broad SMARTS) is 1. The van der Waals surface area contributed by atoms with Crippen LogP contribution in [0.3, 0.4) is 0 Å². The molecule has 1 aromatic rings. The number of carbonyl (C=O) groups is 2. The van der Waals surface area contributed by atoms with E-state index in [1.165, 1.54) is 19.2 Å². The van der Waals surface area contributed by atoms with Crippen molar-refractivity contribution in [2.45, 2.75) is 18.9 Å². The number of methoxy groups -OCH3 is 1. The monoisotopic (exact) mass is 341 g/mol. The fourth-order valence-electron chi connectivity index (χ4n) is 1.51. The zero-order chi connectivity index (χ0) is 16.2. The lowest BCUT2D eigenvalue weighted by molar-refractivity contribution is -0.140. The Bertz CT molecular complexity index is 554. The van der Waals surface area contributed by atoms with Gasteiger partial charge in [0.25, 0.3) is 5.91 Å². The lowest BCUT2D eigenvalue weighted by Gasteiger charge is -2.15. The Morgan fingerprint density at radius 3 is 2.38 bits per heavy atom. The third-order valence-corrected chi connectivity index (χ3v) is 3.23. The van der Waals surface area contributed by atoms with E-state index in [4.69, 9.17) is 33.0 Å². The lowest BCUT2D eigenvalue weighted by Crippen LogP contribution is -2.42. The first-order valence-electron chi connectivity index (χ1n) is 5.61. The molecule has 0 spiro atoms. The number of alkyl halides is 2. The summed E-state index contributed by atoms with van der Waals surface area (Å²) in [6, 6.07) is 0.706. The van der Waals surface area contributed by atoms with E-state index in [9.17, 15) is 18.4 Å². The van der Waals surface area contributed by atoms with E-state index >= 15 is 0 Å². The summed E-state index contributed by atoms with van der Waals surface area (Å²) in [4.78, 5) is 22.8. The van der Waals surface area contributed by atoms with Crippen LogP contribution in [0.1, 0.15) is 16.8 Å². The molecule has 0 aromatic heterocycles. The molecule has 0 aliphatic rings. The van der Waals surface area contributed by atoms with Gasteiger partial charge in [0, 0.05) is 12.5 Å². The van der Waals surface area contributed by atoms with E-state index in [-0.39, 0.29) is 21.4 Å². The van der Waals surface area contributed by atoms with Gasteiger partial charge in [-0.05, 0) is 6.07 Å². The number of rotatable bonds is 6. The molecule has 0 aliphatic heterocycles. The molecule has 0 heterocycles. The van der Waals surface area contributed by atoms with Crippen molar-refractivity contribution in [1.29, 1.82) is 0 Å². The van der Waals surface area contributed by atoms with Crippen LogP contribution in [0, 0.1) is 0 Å². The summed E-state index contributed by atoms with van der Waals surface area (Å²) >= 11 is 11.5. The summed E-state index contributed by atoms with van der Waals surface area (Å²) < 4.78 is 29.5. The molecule has 0 radical (unpaired) electrons. The van der Waals surface area contributed by atoms with Crippen LogP contribution in [0.5, 0.6) is 5.75 Å². The maximum atomic E-state index is 12.3. The van der Waals surface area contributed by atoms with Crippen molar-refractivity contribution in [3.63, 3.8) is 0 Å². The average molecular weight is 342 g/mol. The molecule has 1 unspecified atom stereocenters. The van der Waals surface area contributed by atoms with Gasteiger partial charge in [0.05, 0.1) is 22.7 Å². The topological polar surface area (TPSA) is 75.6 Å². The highest BCUT2D eigenvalue weighted by atomic mass is 35.5. The van der Waals surface area contributed by atoms with Gasteiger partial charge in [0.2, 0.25) is 6.43 Å². The molecule has 1 amide bonds. The van der Waals surface area contributed by atoms with E-state index < -0.39 is 30.8 Å². The molecular weight excluding hydrogens is 331 g/mol. The van der Waals surface area contributed by atoms with Crippen molar-refractivity contribution in [3.8, 4) is 5.75 Å². The van der Waals surface area contributed by atoms with E-state index in [1.54, 1.807) is 0 Å². The summed E-state index contributed by atoms with van der Waals surface area (Å²) in [5.74, 6) is -2.43. The molecule has 1 rings (SSSR count). The van der Waals surface area contributed by atoms with Crippen LogP contribution in [0.25, 0.3) is 0 Å². The third kappa shape index (κ3) is 4.71. The Hall–Kier alpha value is -1.60. The number of ether oxygens (including phenoxy) is 1. The molecule has 5 nitrogen and oxygen atoms in total. The maximum Gasteiger partial charge on any atom is 0.326 e. The molecule has 1 aromatic carbocycles. The van der Waals surface area contributed by atoms with Crippen LogP contribution in [0.4, 0.5) is 8.78 Å². The Balaban J connectivity index is 3.02. The number of aliphatic carboxylic acids is 1. The van der Waals surface area contributed by atoms with Crippen LogP contribution in [-0.2, 0) is 4.79 Å². The van der Waals surface area contributed by atoms with Crippen molar-refractivity contribution in [2.24, 2.45) is 0 Å². The molecule has 9 heteroatoms. The number of amides is 1. The van der Waals surface area contributed by atoms with Crippen LogP contribution in [-0.4, -0.2) is 36.6 Å². The third-order valence-electron chi connectivity index (χ3n) is 2.50. The average Bonchev–Trinajstić information content (AvgIpc) is 2.39. The lowest BCUT2D eigenvalue weighted by atomic mass is 10.1. The largest absolute Gasteiger partial charge is 0.496 e. The minimum atomic E-state index is -2.87. The zero-order valence-corrected chi connectivity index (χ0v) is 12.2. The fourth-order valence-corrected chi connectivity index (χ4v) is 1.83. The number of hydrogen-bond acceptors (Lipinski definition) is 3. The Labute approximate surface area is 128 Å².